The van der Waals surface area contributed by atoms with Gasteiger partial charge in [-0.15, -0.1) is 0 Å². The van der Waals surface area contributed by atoms with Gasteiger partial charge < -0.3 is 15.2 Å². The highest BCUT2D eigenvalue weighted by Crippen LogP contribution is 2.22. The maximum Gasteiger partial charge on any atom is 0.132 e. The zero-order chi connectivity index (χ0) is 9.42. The van der Waals surface area contributed by atoms with Gasteiger partial charge in [-0.3, -0.25) is 0 Å². The predicted octanol–water partition coefficient (Wildman–Crippen LogP) is 1.26. The summed E-state index contributed by atoms with van der Waals surface area (Å²) >= 11 is 3.29. The minimum absolute atomic E-state index is 0.219. The van der Waals surface area contributed by atoms with E-state index in [0.29, 0.717) is 11.1 Å². The molecule has 2 aromatic heterocycles. The fraction of sp³-hybridized carbons (Fsp3) is 0.125. The van der Waals surface area contributed by atoms with Crippen LogP contribution in [0.3, 0.4) is 0 Å². The minimum atomic E-state index is 0.219. The Labute approximate surface area is 83.1 Å². The van der Waals surface area contributed by atoms with E-state index in [9.17, 15) is 5.11 Å². The van der Waals surface area contributed by atoms with Gasteiger partial charge in [-0.05, 0) is 22.0 Å². The molecule has 0 atom stereocenters. The Bertz CT molecular complexity index is 452. The number of hydrogen-bond acceptors (Lipinski definition) is 3. The van der Waals surface area contributed by atoms with Crippen LogP contribution in [-0.2, 0) is 6.54 Å². The fourth-order valence-corrected chi connectivity index (χ4v) is 1.75. The van der Waals surface area contributed by atoms with Crippen LogP contribution in [0.2, 0.25) is 0 Å². The second-order valence-electron chi connectivity index (χ2n) is 2.66. The molecule has 0 bridgehead atoms. The lowest BCUT2D eigenvalue weighted by atomic mass is 10.4. The summed E-state index contributed by atoms with van der Waals surface area (Å²) < 4.78 is 2.54. The largest absolute Gasteiger partial charge is 0.508 e. The van der Waals surface area contributed by atoms with Crippen LogP contribution in [0.4, 0.5) is 0 Å². The van der Waals surface area contributed by atoms with E-state index in [-0.39, 0.29) is 5.75 Å². The van der Waals surface area contributed by atoms with Gasteiger partial charge in [0.1, 0.15) is 16.2 Å². The lowest BCUT2D eigenvalue weighted by molar-refractivity contribution is 0.475. The third kappa shape index (κ3) is 1.30. The highest BCUT2D eigenvalue weighted by molar-refractivity contribution is 9.10. The molecule has 0 aromatic carbocycles. The van der Waals surface area contributed by atoms with Crippen molar-refractivity contribution in [2.75, 3.05) is 0 Å². The van der Waals surface area contributed by atoms with E-state index in [1.807, 2.05) is 4.40 Å². The first-order valence-electron chi connectivity index (χ1n) is 3.78. The number of aromatic hydroxyl groups is 1. The number of aromatic nitrogens is 2. The molecule has 0 aliphatic carbocycles. The average molecular weight is 242 g/mol. The standard InChI is InChI=1S/C8H8BrN3O/c9-8-6-3-5(13)1-2-12(6)7(4-10)11-8/h1-3,13H,4,10H2. The summed E-state index contributed by atoms with van der Waals surface area (Å²) in [5.74, 6) is 0.985. The quantitative estimate of drug-likeness (QED) is 0.791. The van der Waals surface area contributed by atoms with Gasteiger partial charge in [0, 0.05) is 12.3 Å². The molecule has 0 saturated carbocycles. The monoisotopic (exact) mass is 241 g/mol. The molecule has 0 aliphatic heterocycles. The van der Waals surface area contributed by atoms with Crippen LogP contribution in [0, 0.1) is 0 Å². The number of nitrogens with zero attached hydrogens (tertiary/aromatic N) is 2. The zero-order valence-corrected chi connectivity index (χ0v) is 8.32. The van der Waals surface area contributed by atoms with Gasteiger partial charge >= 0.3 is 0 Å². The fourth-order valence-electron chi connectivity index (χ4n) is 1.24. The second kappa shape index (κ2) is 3.01. The summed E-state index contributed by atoms with van der Waals surface area (Å²) in [6.07, 6.45) is 1.74. The molecule has 2 heterocycles. The van der Waals surface area contributed by atoms with Crippen molar-refractivity contribution in [2.45, 2.75) is 6.54 Å². The summed E-state index contributed by atoms with van der Waals surface area (Å²) in [4.78, 5) is 4.19. The van der Waals surface area contributed by atoms with E-state index in [1.165, 1.54) is 0 Å². The van der Waals surface area contributed by atoms with Crippen LogP contribution in [0.1, 0.15) is 5.82 Å². The van der Waals surface area contributed by atoms with Crippen LogP contribution >= 0.6 is 15.9 Å². The molecule has 0 radical (unpaired) electrons. The van der Waals surface area contributed by atoms with Crippen molar-refractivity contribution in [3.63, 3.8) is 0 Å². The van der Waals surface area contributed by atoms with E-state index in [1.54, 1.807) is 18.3 Å². The highest BCUT2D eigenvalue weighted by Gasteiger charge is 2.07. The molecule has 68 valence electrons. The van der Waals surface area contributed by atoms with Gasteiger partial charge in [-0.25, -0.2) is 4.98 Å². The number of hydrogen-bond donors (Lipinski definition) is 2. The molecule has 2 aromatic rings. The first-order valence-corrected chi connectivity index (χ1v) is 4.57. The van der Waals surface area contributed by atoms with Gasteiger partial charge in [0.25, 0.3) is 0 Å². The number of fused-ring (bicyclic) bond motifs is 1. The lowest BCUT2D eigenvalue weighted by Crippen LogP contribution is -2.01. The van der Waals surface area contributed by atoms with E-state index in [0.717, 1.165) is 11.3 Å². The smallest absolute Gasteiger partial charge is 0.132 e. The highest BCUT2D eigenvalue weighted by atomic mass is 79.9. The number of imidazole rings is 1. The Morgan fingerprint density at radius 2 is 2.38 bits per heavy atom. The summed E-state index contributed by atoms with van der Waals surface area (Å²) in [5, 5.41) is 9.24. The van der Waals surface area contributed by atoms with E-state index >= 15 is 0 Å². The molecular weight excluding hydrogens is 234 g/mol. The van der Waals surface area contributed by atoms with Crippen molar-refractivity contribution < 1.29 is 5.11 Å². The Morgan fingerprint density at radius 1 is 1.62 bits per heavy atom. The molecule has 0 saturated heterocycles. The maximum atomic E-state index is 9.24. The summed E-state index contributed by atoms with van der Waals surface area (Å²) in [6.45, 7) is 0.373. The van der Waals surface area contributed by atoms with Gasteiger partial charge in [-0.2, -0.15) is 0 Å². The molecule has 0 spiro atoms. The van der Waals surface area contributed by atoms with Gasteiger partial charge in [-0.1, -0.05) is 0 Å². The van der Waals surface area contributed by atoms with Crippen molar-refractivity contribution >= 4 is 21.4 Å². The molecular formula is C8H8BrN3O. The minimum Gasteiger partial charge on any atom is -0.508 e. The second-order valence-corrected chi connectivity index (χ2v) is 3.41. The Hall–Kier alpha value is -1.07. The third-order valence-corrected chi connectivity index (χ3v) is 2.42. The van der Waals surface area contributed by atoms with Crippen LogP contribution in [0.25, 0.3) is 5.52 Å². The average Bonchev–Trinajstić information content (AvgIpc) is 2.43. The summed E-state index contributed by atoms with van der Waals surface area (Å²) in [6, 6.07) is 3.23. The van der Waals surface area contributed by atoms with Gasteiger partial charge in [0.15, 0.2) is 0 Å². The van der Waals surface area contributed by atoms with Crippen LogP contribution in [0.5, 0.6) is 5.75 Å². The van der Waals surface area contributed by atoms with E-state index in [2.05, 4.69) is 20.9 Å². The van der Waals surface area contributed by atoms with Crippen molar-refractivity contribution in [3.8, 4) is 5.75 Å². The Balaban J connectivity index is 2.80. The van der Waals surface area contributed by atoms with Gasteiger partial charge in [0.2, 0.25) is 0 Å². The zero-order valence-electron chi connectivity index (χ0n) is 6.74. The van der Waals surface area contributed by atoms with Crippen molar-refractivity contribution in [3.05, 3.63) is 28.8 Å². The third-order valence-electron chi connectivity index (χ3n) is 1.84. The molecule has 5 heteroatoms. The topological polar surface area (TPSA) is 63.5 Å². The molecule has 2 rings (SSSR count). The number of rotatable bonds is 1. The number of pyridine rings is 1. The summed E-state index contributed by atoms with van der Waals surface area (Å²) in [7, 11) is 0. The maximum absolute atomic E-state index is 9.24. The van der Waals surface area contributed by atoms with Gasteiger partial charge in [0.05, 0.1) is 12.1 Å². The first kappa shape index (κ1) is 8.52. The normalized spacial score (nSPS) is 10.9. The molecule has 0 amide bonds. The van der Waals surface area contributed by atoms with E-state index < -0.39 is 0 Å². The SMILES string of the molecule is NCc1nc(Br)c2cc(O)ccn12. The van der Waals surface area contributed by atoms with Crippen molar-refractivity contribution in [2.24, 2.45) is 5.73 Å². The van der Waals surface area contributed by atoms with Crippen LogP contribution in [-0.4, -0.2) is 14.5 Å². The molecule has 13 heavy (non-hydrogen) atoms. The molecule has 0 aliphatic rings. The number of halogens is 1. The van der Waals surface area contributed by atoms with Crippen LogP contribution in [0.15, 0.2) is 22.9 Å². The van der Waals surface area contributed by atoms with Crippen molar-refractivity contribution in [1.29, 1.82) is 0 Å². The molecule has 4 nitrogen and oxygen atoms in total. The predicted molar refractivity (Wildman–Crippen MR) is 52.4 cm³/mol. The molecule has 3 N–H and O–H groups in total. The first-order chi connectivity index (χ1) is 6.22. The Morgan fingerprint density at radius 3 is 3.08 bits per heavy atom. The lowest BCUT2D eigenvalue weighted by Gasteiger charge is -1.97. The molecule has 0 unspecified atom stereocenters. The summed E-state index contributed by atoms with van der Waals surface area (Å²) in [5.41, 5.74) is 6.32. The molecule has 0 fully saturated rings. The van der Waals surface area contributed by atoms with Crippen LogP contribution < -0.4 is 5.73 Å². The number of nitrogens with two attached hydrogens (primary N) is 1. The van der Waals surface area contributed by atoms with E-state index in [4.69, 9.17) is 5.73 Å². The Kier molecular flexibility index (Phi) is 1.97. The van der Waals surface area contributed by atoms with Crippen molar-refractivity contribution in [1.82, 2.24) is 9.38 Å².